The Morgan fingerprint density at radius 3 is 2.64 bits per heavy atom. The second kappa shape index (κ2) is 5.50. The zero-order valence-electron chi connectivity index (χ0n) is 10.8. The van der Waals surface area contributed by atoms with Gasteiger partial charge in [-0.3, -0.25) is 4.72 Å². The summed E-state index contributed by atoms with van der Waals surface area (Å²) in [6.45, 7) is 0. The van der Waals surface area contributed by atoms with Gasteiger partial charge < -0.3 is 4.52 Å². The summed E-state index contributed by atoms with van der Waals surface area (Å²) in [6, 6.07) is 7.11. The number of hydrogen-bond donors (Lipinski definition) is 1. The number of halogens is 2. The smallest absolute Gasteiger partial charge is 0.271 e. The number of sulfonamides is 1. The molecule has 3 rings (SSSR count). The van der Waals surface area contributed by atoms with Gasteiger partial charge in [-0.05, 0) is 24.3 Å². The van der Waals surface area contributed by atoms with E-state index in [9.17, 15) is 17.2 Å². The first-order valence-corrected chi connectivity index (χ1v) is 8.24. The molecule has 0 fully saturated rings. The highest BCUT2D eigenvalue weighted by Gasteiger charge is 2.20. The molecule has 0 aliphatic rings. The molecule has 0 unspecified atom stereocenters. The van der Waals surface area contributed by atoms with Gasteiger partial charge in [0.2, 0.25) is 0 Å². The van der Waals surface area contributed by atoms with Crippen LogP contribution in [0.3, 0.4) is 0 Å². The number of anilines is 1. The minimum Gasteiger partial charge on any atom is -0.355 e. The number of aromatic nitrogens is 1. The quantitative estimate of drug-likeness (QED) is 0.788. The average Bonchev–Trinajstić information content (AvgIpc) is 3.11. The summed E-state index contributed by atoms with van der Waals surface area (Å²) >= 11 is 0.945. The van der Waals surface area contributed by atoms with E-state index in [0.29, 0.717) is 16.7 Å². The van der Waals surface area contributed by atoms with Crippen molar-refractivity contribution in [3.05, 3.63) is 54.2 Å². The molecule has 0 radical (unpaired) electrons. The van der Waals surface area contributed by atoms with E-state index >= 15 is 0 Å². The van der Waals surface area contributed by atoms with Crippen LogP contribution in [0.4, 0.5) is 14.5 Å². The third-order valence-corrected chi connectivity index (χ3v) is 5.66. The third kappa shape index (κ3) is 2.85. The molecule has 1 N–H and O–H groups in total. The van der Waals surface area contributed by atoms with Crippen molar-refractivity contribution >= 4 is 27.0 Å². The Bertz CT molecular complexity index is 905. The van der Waals surface area contributed by atoms with Gasteiger partial charge in [-0.1, -0.05) is 5.16 Å². The summed E-state index contributed by atoms with van der Waals surface area (Å²) in [5.74, 6) is -1.35. The second-order valence-electron chi connectivity index (χ2n) is 4.23. The summed E-state index contributed by atoms with van der Waals surface area (Å²) < 4.78 is 57.8. The Balaban J connectivity index is 1.90. The molecule has 0 spiro atoms. The highest BCUT2D eigenvalue weighted by Crippen LogP contribution is 2.31. The maximum atomic E-state index is 13.5. The SMILES string of the molecule is O=S(=O)(Nc1ccc(F)cc1F)c1ccc(-c2ccno2)s1. The highest BCUT2D eigenvalue weighted by atomic mass is 32.2. The fourth-order valence-electron chi connectivity index (χ4n) is 1.71. The molecule has 2 heterocycles. The Hall–Kier alpha value is -2.26. The molecule has 114 valence electrons. The first-order valence-electron chi connectivity index (χ1n) is 5.94. The monoisotopic (exact) mass is 342 g/mol. The lowest BCUT2D eigenvalue weighted by Crippen LogP contribution is -2.12. The molecule has 0 aliphatic heterocycles. The highest BCUT2D eigenvalue weighted by molar-refractivity contribution is 7.94. The Kier molecular flexibility index (Phi) is 3.67. The van der Waals surface area contributed by atoms with Gasteiger partial charge in [0.05, 0.1) is 16.8 Å². The number of benzene rings is 1. The Morgan fingerprint density at radius 2 is 1.95 bits per heavy atom. The molecule has 0 aliphatic carbocycles. The Morgan fingerprint density at radius 1 is 1.14 bits per heavy atom. The van der Waals surface area contributed by atoms with Crippen LogP contribution >= 0.6 is 11.3 Å². The van der Waals surface area contributed by atoms with Gasteiger partial charge in [0, 0.05) is 12.1 Å². The van der Waals surface area contributed by atoms with Crippen molar-refractivity contribution in [2.45, 2.75) is 4.21 Å². The minimum absolute atomic E-state index is 0.0253. The molecule has 2 aromatic heterocycles. The van der Waals surface area contributed by atoms with Crippen molar-refractivity contribution in [3.8, 4) is 10.6 Å². The summed E-state index contributed by atoms with van der Waals surface area (Å²) in [6.07, 6.45) is 1.44. The molecule has 1 aromatic carbocycles. The molecule has 5 nitrogen and oxygen atoms in total. The maximum Gasteiger partial charge on any atom is 0.271 e. The van der Waals surface area contributed by atoms with E-state index in [4.69, 9.17) is 4.52 Å². The lowest BCUT2D eigenvalue weighted by molar-refractivity contribution is 0.433. The van der Waals surface area contributed by atoms with Gasteiger partial charge in [-0.15, -0.1) is 11.3 Å². The fraction of sp³-hybridized carbons (Fsp3) is 0. The van der Waals surface area contributed by atoms with E-state index in [1.54, 1.807) is 12.1 Å². The van der Waals surface area contributed by atoms with Crippen molar-refractivity contribution in [2.24, 2.45) is 0 Å². The van der Waals surface area contributed by atoms with Crippen LogP contribution in [-0.2, 0) is 10.0 Å². The number of hydrogen-bond acceptors (Lipinski definition) is 5. The average molecular weight is 342 g/mol. The van der Waals surface area contributed by atoms with Crippen molar-refractivity contribution < 1.29 is 21.7 Å². The summed E-state index contributed by atoms with van der Waals surface area (Å²) in [5, 5.41) is 3.54. The third-order valence-electron chi connectivity index (χ3n) is 2.70. The lowest BCUT2D eigenvalue weighted by atomic mass is 10.3. The van der Waals surface area contributed by atoms with E-state index in [1.165, 1.54) is 12.3 Å². The fourth-order valence-corrected chi connectivity index (χ4v) is 4.04. The van der Waals surface area contributed by atoms with Crippen LogP contribution in [-0.4, -0.2) is 13.6 Å². The molecule has 3 aromatic rings. The molecule has 0 saturated heterocycles. The van der Waals surface area contributed by atoms with E-state index in [-0.39, 0.29) is 9.90 Å². The van der Waals surface area contributed by atoms with Gasteiger partial charge in [-0.25, -0.2) is 17.2 Å². The van der Waals surface area contributed by atoms with E-state index < -0.39 is 21.7 Å². The van der Waals surface area contributed by atoms with Crippen molar-refractivity contribution in [3.63, 3.8) is 0 Å². The first-order chi connectivity index (χ1) is 10.5. The van der Waals surface area contributed by atoms with Crippen molar-refractivity contribution in [1.82, 2.24) is 5.16 Å². The predicted molar refractivity (Wildman–Crippen MR) is 77.0 cm³/mol. The lowest BCUT2D eigenvalue weighted by Gasteiger charge is -2.07. The van der Waals surface area contributed by atoms with Crippen LogP contribution < -0.4 is 4.72 Å². The number of thiophene rings is 1. The summed E-state index contributed by atoms with van der Waals surface area (Å²) in [7, 11) is -3.97. The number of nitrogens with one attached hydrogen (secondary N) is 1. The normalized spacial score (nSPS) is 11.5. The molecule has 0 amide bonds. The van der Waals surface area contributed by atoms with Crippen LogP contribution in [0.1, 0.15) is 0 Å². The van der Waals surface area contributed by atoms with E-state index in [1.807, 2.05) is 0 Å². The number of rotatable bonds is 4. The van der Waals surface area contributed by atoms with E-state index in [0.717, 1.165) is 23.5 Å². The van der Waals surface area contributed by atoms with Gasteiger partial charge >= 0.3 is 0 Å². The Labute approximate surface area is 128 Å². The number of nitrogens with zero attached hydrogens (tertiary/aromatic N) is 1. The van der Waals surface area contributed by atoms with E-state index in [2.05, 4.69) is 9.88 Å². The zero-order chi connectivity index (χ0) is 15.7. The summed E-state index contributed by atoms with van der Waals surface area (Å²) in [4.78, 5) is 0.567. The topological polar surface area (TPSA) is 72.2 Å². The maximum absolute atomic E-state index is 13.5. The van der Waals surface area contributed by atoms with Crippen LogP contribution in [0.25, 0.3) is 10.6 Å². The zero-order valence-corrected chi connectivity index (χ0v) is 12.4. The predicted octanol–water partition coefficient (Wildman–Crippen LogP) is 3.48. The second-order valence-corrected chi connectivity index (χ2v) is 7.22. The van der Waals surface area contributed by atoms with Crippen molar-refractivity contribution in [1.29, 1.82) is 0 Å². The van der Waals surface area contributed by atoms with Crippen molar-refractivity contribution in [2.75, 3.05) is 4.72 Å². The molecule has 0 saturated carbocycles. The largest absolute Gasteiger partial charge is 0.355 e. The van der Waals surface area contributed by atoms with Gasteiger partial charge in [0.15, 0.2) is 5.76 Å². The molecule has 0 atom stereocenters. The van der Waals surface area contributed by atoms with Gasteiger partial charge in [-0.2, -0.15) is 0 Å². The van der Waals surface area contributed by atoms with Gasteiger partial charge in [0.1, 0.15) is 15.8 Å². The molecule has 0 bridgehead atoms. The molecular weight excluding hydrogens is 334 g/mol. The van der Waals surface area contributed by atoms with Crippen LogP contribution in [0.2, 0.25) is 0 Å². The molecule has 9 heteroatoms. The minimum atomic E-state index is -3.97. The first kappa shape index (κ1) is 14.7. The standard InChI is InChI=1S/C13H8F2N2O3S2/c14-8-1-2-10(9(15)7-8)17-22(18,19)13-4-3-12(21-13)11-5-6-16-20-11/h1-7,17H. The van der Waals surface area contributed by atoms with Crippen LogP contribution in [0, 0.1) is 11.6 Å². The van der Waals surface area contributed by atoms with Gasteiger partial charge in [0.25, 0.3) is 10.0 Å². The summed E-state index contributed by atoms with van der Waals surface area (Å²) in [5.41, 5.74) is -0.323. The molecular formula is C13H8F2N2O3S2. The van der Waals surface area contributed by atoms with Crippen LogP contribution in [0.5, 0.6) is 0 Å². The van der Waals surface area contributed by atoms with Crippen LogP contribution in [0.15, 0.2) is 51.3 Å². The molecule has 22 heavy (non-hydrogen) atoms.